The Morgan fingerprint density at radius 1 is 1.30 bits per heavy atom. The highest BCUT2D eigenvalue weighted by atomic mass is 16.3. The third-order valence-electron chi connectivity index (χ3n) is 4.40. The van der Waals surface area contributed by atoms with E-state index in [1.165, 1.54) is 19.3 Å². The number of aromatic hydroxyl groups is 1. The summed E-state index contributed by atoms with van der Waals surface area (Å²) in [4.78, 5) is 2.50. The van der Waals surface area contributed by atoms with Crippen LogP contribution in [0.1, 0.15) is 51.1 Å². The fraction of sp³-hybridized carbons (Fsp3) is 0.647. The topological polar surface area (TPSA) is 35.5 Å². The molecule has 1 saturated heterocycles. The maximum absolute atomic E-state index is 10.1. The molecule has 0 amide bonds. The Labute approximate surface area is 123 Å². The summed E-state index contributed by atoms with van der Waals surface area (Å²) in [7, 11) is 0. The predicted octanol–water partition coefficient (Wildman–Crippen LogP) is 3.31. The third-order valence-corrected chi connectivity index (χ3v) is 4.40. The van der Waals surface area contributed by atoms with E-state index in [0.717, 1.165) is 31.6 Å². The molecule has 2 N–H and O–H groups in total. The van der Waals surface area contributed by atoms with Gasteiger partial charge in [0.05, 0.1) is 0 Å². The number of benzene rings is 1. The number of phenols is 1. The molecule has 3 heteroatoms. The summed E-state index contributed by atoms with van der Waals surface area (Å²) in [6, 6.07) is 8.67. The van der Waals surface area contributed by atoms with Crippen molar-refractivity contribution in [3.63, 3.8) is 0 Å². The van der Waals surface area contributed by atoms with Gasteiger partial charge in [-0.2, -0.15) is 0 Å². The van der Waals surface area contributed by atoms with Gasteiger partial charge in [-0.25, -0.2) is 0 Å². The van der Waals surface area contributed by atoms with Gasteiger partial charge < -0.3 is 10.4 Å². The molecular weight excluding hydrogens is 248 g/mol. The second-order valence-corrected chi connectivity index (χ2v) is 5.72. The fourth-order valence-corrected chi connectivity index (χ4v) is 3.28. The predicted molar refractivity (Wildman–Crippen MR) is 84.0 cm³/mol. The van der Waals surface area contributed by atoms with Crippen molar-refractivity contribution >= 4 is 0 Å². The SMILES string of the molecule is CCC(c1ccccc1O)N(CC)CC1CCCCN1. The van der Waals surface area contributed by atoms with Crippen LogP contribution in [0.4, 0.5) is 0 Å². The van der Waals surface area contributed by atoms with Crippen LogP contribution in [0.3, 0.4) is 0 Å². The highest BCUT2D eigenvalue weighted by Crippen LogP contribution is 2.31. The molecule has 1 fully saturated rings. The lowest BCUT2D eigenvalue weighted by Crippen LogP contribution is -2.44. The second kappa shape index (κ2) is 7.65. The van der Waals surface area contributed by atoms with Gasteiger partial charge in [0.15, 0.2) is 0 Å². The monoisotopic (exact) mass is 276 g/mol. The summed E-state index contributed by atoms with van der Waals surface area (Å²) in [5, 5.41) is 13.7. The largest absolute Gasteiger partial charge is 0.508 e. The smallest absolute Gasteiger partial charge is 0.120 e. The van der Waals surface area contributed by atoms with E-state index >= 15 is 0 Å². The molecule has 0 aromatic heterocycles. The van der Waals surface area contributed by atoms with E-state index in [1.807, 2.05) is 12.1 Å². The first-order valence-corrected chi connectivity index (χ1v) is 8.01. The number of hydrogen-bond donors (Lipinski definition) is 2. The molecular formula is C17H28N2O. The van der Waals surface area contributed by atoms with Crippen LogP contribution in [0, 0.1) is 0 Å². The molecule has 2 unspecified atom stereocenters. The molecule has 1 aromatic carbocycles. The Hall–Kier alpha value is -1.06. The zero-order chi connectivity index (χ0) is 14.4. The van der Waals surface area contributed by atoms with Crippen molar-refractivity contribution in [3.8, 4) is 5.75 Å². The van der Waals surface area contributed by atoms with E-state index in [-0.39, 0.29) is 0 Å². The molecule has 20 heavy (non-hydrogen) atoms. The fourth-order valence-electron chi connectivity index (χ4n) is 3.28. The van der Waals surface area contributed by atoms with Gasteiger partial charge in [0.25, 0.3) is 0 Å². The molecule has 1 aliphatic heterocycles. The Morgan fingerprint density at radius 2 is 2.10 bits per heavy atom. The summed E-state index contributed by atoms with van der Waals surface area (Å²) in [6.07, 6.45) is 4.94. The van der Waals surface area contributed by atoms with E-state index in [0.29, 0.717) is 17.8 Å². The Bertz CT molecular complexity index is 402. The molecule has 1 aromatic rings. The normalized spacial score (nSPS) is 21.1. The molecule has 3 nitrogen and oxygen atoms in total. The number of likely N-dealkylation sites (N-methyl/N-ethyl adjacent to an activating group) is 1. The number of phenolic OH excluding ortho intramolecular Hbond substituents is 1. The maximum atomic E-state index is 10.1. The van der Waals surface area contributed by atoms with Crippen molar-refractivity contribution in [2.75, 3.05) is 19.6 Å². The van der Waals surface area contributed by atoms with E-state index in [2.05, 4.69) is 30.1 Å². The highest BCUT2D eigenvalue weighted by molar-refractivity contribution is 5.34. The lowest BCUT2D eigenvalue weighted by molar-refractivity contribution is 0.167. The summed E-state index contributed by atoms with van der Waals surface area (Å²) in [5.74, 6) is 0.425. The number of nitrogens with one attached hydrogen (secondary N) is 1. The summed E-state index contributed by atoms with van der Waals surface area (Å²) >= 11 is 0. The minimum Gasteiger partial charge on any atom is -0.508 e. The van der Waals surface area contributed by atoms with Crippen LogP contribution in [0.2, 0.25) is 0 Å². The standard InChI is InChI=1S/C17H28N2O/c1-3-16(15-10-5-6-11-17(15)20)19(4-2)13-14-9-7-8-12-18-14/h5-6,10-11,14,16,18,20H,3-4,7-9,12-13H2,1-2H3. The van der Waals surface area contributed by atoms with Gasteiger partial charge in [0, 0.05) is 24.2 Å². The molecule has 0 bridgehead atoms. The van der Waals surface area contributed by atoms with Crippen LogP contribution in [0.5, 0.6) is 5.75 Å². The Morgan fingerprint density at radius 3 is 2.70 bits per heavy atom. The summed E-state index contributed by atoms with van der Waals surface area (Å²) in [5.41, 5.74) is 1.06. The average Bonchev–Trinajstić information content (AvgIpc) is 2.49. The lowest BCUT2D eigenvalue weighted by atomic mass is 9.99. The van der Waals surface area contributed by atoms with Crippen molar-refractivity contribution < 1.29 is 5.11 Å². The van der Waals surface area contributed by atoms with Gasteiger partial charge in [-0.3, -0.25) is 4.90 Å². The first-order valence-electron chi connectivity index (χ1n) is 8.01. The molecule has 2 rings (SSSR count). The molecule has 1 aliphatic rings. The van der Waals surface area contributed by atoms with Crippen molar-refractivity contribution in [1.82, 2.24) is 10.2 Å². The van der Waals surface area contributed by atoms with Crippen LogP contribution in [-0.2, 0) is 0 Å². The average molecular weight is 276 g/mol. The lowest BCUT2D eigenvalue weighted by Gasteiger charge is -2.35. The summed E-state index contributed by atoms with van der Waals surface area (Å²) < 4.78 is 0. The van der Waals surface area contributed by atoms with Crippen LogP contribution in [0.25, 0.3) is 0 Å². The maximum Gasteiger partial charge on any atom is 0.120 e. The van der Waals surface area contributed by atoms with E-state index in [1.54, 1.807) is 6.07 Å². The van der Waals surface area contributed by atoms with Crippen LogP contribution < -0.4 is 5.32 Å². The van der Waals surface area contributed by atoms with Crippen molar-refractivity contribution in [1.29, 1.82) is 0 Å². The summed E-state index contributed by atoms with van der Waals surface area (Å²) in [6.45, 7) is 7.66. The number of rotatable bonds is 6. The van der Waals surface area contributed by atoms with E-state index in [4.69, 9.17) is 0 Å². The Balaban J connectivity index is 2.08. The molecule has 0 saturated carbocycles. The molecule has 1 heterocycles. The van der Waals surface area contributed by atoms with Crippen LogP contribution in [-0.4, -0.2) is 35.7 Å². The van der Waals surface area contributed by atoms with E-state index in [9.17, 15) is 5.11 Å². The highest BCUT2D eigenvalue weighted by Gasteiger charge is 2.23. The van der Waals surface area contributed by atoms with Crippen molar-refractivity contribution in [3.05, 3.63) is 29.8 Å². The zero-order valence-electron chi connectivity index (χ0n) is 12.8. The van der Waals surface area contributed by atoms with Gasteiger partial charge in [0.2, 0.25) is 0 Å². The quantitative estimate of drug-likeness (QED) is 0.837. The zero-order valence-corrected chi connectivity index (χ0v) is 12.8. The van der Waals surface area contributed by atoms with E-state index < -0.39 is 0 Å². The van der Waals surface area contributed by atoms with Gasteiger partial charge in [-0.1, -0.05) is 38.5 Å². The van der Waals surface area contributed by atoms with Gasteiger partial charge >= 0.3 is 0 Å². The minimum absolute atomic E-state index is 0.310. The number of para-hydroxylation sites is 1. The van der Waals surface area contributed by atoms with Crippen LogP contribution >= 0.6 is 0 Å². The number of piperidine rings is 1. The van der Waals surface area contributed by atoms with Crippen molar-refractivity contribution in [2.24, 2.45) is 0 Å². The number of nitrogens with zero attached hydrogens (tertiary/aromatic N) is 1. The second-order valence-electron chi connectivity index (χ2n) is 5.72. The van der Waals surface area contributed by atoms with Crippen molar-refractivity contribution in [2.45, 2.75) is 51.6 Å². The van der Waals surface area contributed by atoms with Gasteiger partial charge in [-0.15, -0.1) is 0 Å². The first-order chi connectivity index (χ1) is 9.76. The Kier molecular flexibility index (Phi) is 5.86. The molecule has 0 spiro atoms. The van der Waals surface area contributed by atoms with Crippen LogP contribution in [0.15, 0.2) is 24.3 Å². The molecule has 2 atom stereocenters. The number of hydrogen-bond acceptors (Lipinski definition) is 3. The van der Waals surface area contributed by atoms with Gasteiger partial charge in [0.1, 0.15) is 5.75 Å². The molecule has 0 aliphatic carbocycles. The molecule has 112 valence electrons. The molecule has 0 radical (unpaired) electrons. The minimum atomic E-state index is 0.310. The van der Waals surface area contributed by atoms with Gasteiger partial charge in [-0.05, 0) is 38.4 Å². The third kappa shape index (κ3) is 3.74. The first kappa shape index (κ1) is 15.3.